The number of aromatic nitrogens is 1. The van der Waals surface area contributed by atoms with Gasteiger partial charge in [-0.1, -0.05) is 37.5 Å². The van der Waals surface area contributed by atoms with Crippen LogP contribution in [-0.4, -0.2) is 18.1 Å². The van der Waals surface area contributed by atoms with Crippen LogP contribution >= 0.6 is 0 Å². The van der Waals surface area contributed by atoms with Crippen LogP contribution in [0.25, 0.3) is 23.4 Å². The third-order valence-corrected chi connectivity index (χ3v) is 5.36. The Bertz CT molecular complexity index is 909. The number of methoxy groups -OCH3 is 1. The summed E-state index contributed by atoms with van der Waals surface area (Å²) >= 11 is 0. The van der Waals surface area contributed by atoms with E-state index in [0.717, 1.165) is 16.6 Å². The van der Waals surface area contributed by atoms with Crippen molar-refractivity contribution in [2.24, 2.45) is 0 Å². The van der Waals surface area contributed by atoms with Gasteiger partial charge in [-0.15, -0.1) is 0 Å². The summed E-state index contributed by atoms with van der Waals surface area (Å²) in [5.41, 5.74) is 4.31. The first-order valence-electron chi connectivity index (χ1n) is 9.01. The van der Waals surface area contributed by atoms with E-state index in [0.29, 0.717) is 17.9 Å². The van der Waals surface area contributed by atoms with Crippen molar-refractivity contribution < 1.29 is 13.9 Å². The van der Waals surface area contributed by atoms with Crippen LogP contribution in [-0.2, 0) is 9.53 Å². The van der Waals surface area contributed by atoms with Crippen molar-refractivity contribution in [2.75, 3.05) is 7.11 Å². The smallest absolute Gasteiger partial charge is 0.334 e. The molecule has 25 heavy (non-hydrogen) atoms. The predicted molar refractivity (Wildman–Crippen MR) is 97.2 cm³/mol. The molecule has 0 radical (unpaired) electrons. The average Bonchev–Trinajstić information content (AvgIpc) is 3.25. The summed E-state index contributed by atoms with van der Waals surface area (Å²) < 4.78 is 10.2. The number of H-pyrrole nitrogens is 1. The molecule has 2 aromatic rings. The summed E-state index contributed by atoms with van der Waals surface area (Å²) in [5, 5.41) is 2.30. The van der Waals surface area contributed by atoms with Gasteiger partial charge in [-0.25, -0.2) is 4.79 Å². The van der Waals surface area contributed by atoms with E-state index in [1.165, 1.54) is 50.0 Å². The van der Waals surface area contributed by atoms with Gasteiger partial charge in [0.25, 0.3) is 0 Å². The summed E-state index contributed by atoms with van der Waals surface area (Å²) in [6.45, 7) is 0. The van der Waals surface area contributed by atoms with E-state index in [2.05, 4.69) is 17.1 Å². The number of carbonyl (C=O) groups is 1. The molecule has 0 unspecified atom stereocenters. The van der Waals surface area contributed by atoms with Gasteiger partial charge in [0.05, 0.1) is 25.3 Å². The van der Waals surface area contributed by atoms with Crippen LogP contribution in [0, 0.1) is 0 Å². The number of nitrogens with one attached hydrogen (secondary N) is 1. The zero-order valence-electron chi connectivity index (χ0n) is 14.5. The Morgan fingerprint density at radius 3 is 2.80 bits per heavy atom. The maximum absolute atomic E-state index is 11.9. The van der Waals surface area contributed by atoms with Crippen molar-refractivity contribution in [2.45, 2.75) is 44.4 Å². The summed E-state index contributed by atoms with van der Waals surface area (Å²) in [6.07, 6.45) is 16.5. The molecule has 0 bridgehead atoms. The summed E-state index contributed by atoms with van der Waals surface area (Å²) in [4.78, 5) is 15.5. The van der Waals surface area contributed by atoms with Crippen LogP contribution < -0.4 is 10.6 Å². The first-order chi connectivity index (χ1) is 12.3. The number of esters is 1. The van der Waals surface area contributed by atoms with Crippen LogP contribution in [0.3, 0.4) is 0 Å². The summed E-state index contributed by atoms with van der Waals surface area (Å²) in [7, 11) is 1.43. The number of carbonyl (C=O) groups excluding carboxylic acids is 1. The molecular formula is C21H23NO3. The van der Waals surface area contributed by atoms with E-state index in [9.17, 15) is 4.79 Å². The van der Waals surface area contributed by atoms with Crippen molar-refractivity contribution in [1.29, 1.82) is 0 Å². The molecule has 0 saturated heterocycles. The second-order valence-corrected chi connectivity index (χ2v) is 6.85. The van der Waals surface area contributed by atoms with Gasteiger partial charge in [0.2, 0.25) is 0 Å². The minimum absolute atomic E-state index is 0.257. The molecule has 4 rings (SSSR count). The minimum Gasteiger partial charge on any atom is -0.472 e. The van der Waals surface area contributed by atoms with Gasteiger partial charge in [0, 0.05) is 21.7 Å². The van der Waals surface area contributed by atoms with E-state index in [1.807, 2.05) is 12.1 Å². The Morgan fingerprint density at radius 2 is 2.08 bits per heavy atom. The second kappa shape index (κ2) is 6.79. The molecule has 0 amide bonds. The highest BCUT2D eigenvalue weighted by molar-refractivity contribution is 5.91. The first-order valence-corrected chi connectivity index (χ1v) is 9.01. The molecule has 0 atom stereocenters. The van der Waals surface area contributed by atoms with Crippen molar-refractivity contribution in [3.05, 3.63) is 46.4 Å². The number of aromatic amines is 1. The van der Waals surface area contributed by atoms with Crippen LogP contribution in [0.1, 0.15) is 50.0 Å². The number of ether oxygens (including phenoxy) is 1. The molecule has 2 aliphatic rings. The number of allylic oxidation sites excluding steroid dienone is 1. The highest BCUT2D eigenvalue weighted by atomic mass is 16.5. The zero-order chi connectivity index (χ0) is 17.2. The normalized spacial score (nSPS) is 17.7. The van der Waals surface area contributed by atoms with Crippen molar-refractivity contribution in [1.82, 2.24) is 4.98 Å². The van der Waals surface area contributed by atoms with Gasteiger partial charge in [-0.05, 0) is 36.8 Å². The molecule has 1 saturated carbocycles. The molecule has 4 nitrogen and oxygen atoms in total. The number of rotatable bonds is 3. The fourth-order valence-corrected chi connectivity index (χ4v) is 4.09. The highest BCUT2D eigenvalue weighted by Crippen LogP contribution is 2.35. The Morgan fingerprint density at radius 1 is 1.24 bits per heavy atom. The van der Waals surface area contributed by atoms with Gasteiger partial charge >= 0.3 is 5.97 Å². The number of fused-ring (bicyclic) bond motifs is 1. The number of hydrogen-bond donors (Lipinski definition) is 1. The maximum atomic E-state index is 11.9. The SMILES string of the molecule is COC(=O)C1=CC=c2c(C3CCCCC3)c(-c3ccoc3)[nH]c2=CC1. The third kappa shape index (κ3) is 2.97. The van der Waals surface area contributed by atoms with Crippen molar-refractivity contribution in [3.8, 4) is 11.3 Å². The lowest BCUT2D eigenvalue weighted by Gasteiger charge is -2.22. The third-order valence-electron chi connectivity index (χ3n) is 5.36. The molecule has 1 fully saturated rings. The van der Waals surface area contributed by atoms with E-state index < -0.39 is 0 Å². The largest absolute Gasteiger partial charge is 0.472 e. The first kappa shape index (κ1) is 16.0. The molecule has 0 aliphatic heterocycles. The molecule has 2 heterocycles. The minimum atomic E-state index is -0.257. The standard InChI is InChI=1S/C21H23NO3/c1-24-21(23)15-7-9-17-18(10-8-15)22-20(16-11-12-25-13-16)19(17)14-5-3-2-4-6-14/h7,9-14,22H,2-6,8H2,1H3. The Balaban J connectivity index is 1.89. The number of furan rings is 1. The van der Waals surface area contributed by atoms with E-state index in [-0.39, 0.29) is 5.97 Å². The molecule has 0 aromatic carbocycles. The lowest BCUT2D eigenvalue weighted by atomic mass is 9.82. The van der Waals surface area contributed by atoms with Gasteiger partial charge in [-0.2, -0.15) is 0 Å². The van der Waals surface area contributed by atoms with Gasteiger partial charge in [-0.3, -0.25) is 0 Å². The average molecular weight is 337 g/mol. The second-order valence-electron chi connectivity index (χ2n) is 6.85. The molecular weight excluding hydrogens is 314 g/mol. The molecule has 2 aromatic heterocycles. The van der Waals surface area contributed by atoms with Crippen molar-refractivity contribution >= 4 is 18.1 Å². The topological polar surface area (TPSA) is 55.2 Å². The van der Waals surface area contributed by atoms with Gasteiger partial charge in [0.1, 0.15) is 0 Å². The Kier molecular flexibility index (Phi) is 4.35. The summed E-state index contributed by atoms with van der Waals surface area (Å²) in [5.74, 6) is 0.295. The molecule has 4 heteroatoms. The highest BCUT2D eigenvalue weighted by Gasteiger charge is 2.23. The van der Waals surface area contributed by atoms with Crippen LogP contribution in [0.2, 0.25) is 0 Å². The lowest BCUT2D eigenvalue weighted by molar-refractivity contribution is -0.136. The Labute approximate surface area is 146 Å². The number of hydrogen-bond acceptors (Lipinski definition) is 3. The van der Waals surface area contributed by atoms with Gasteiger partial charge < -0.3 is 14.1 Å². The summed E-state index contributed by atoms with van der Waals surface area (Å²) in [6, 6.07) is 2.01. The van der Waals surface area contributed by atoms with Gasteiger partial charge in [0.15, 0.2) is 0 Å². The van der Waals surface area contributed by atoms with Crippen LogP contribution in [0.15, 0.2) is 34.7 Å². The van der Waals surface area contributed by atoms with Crippen molar-refractivity contribution in [3.63, 3.8) is 0 Å². The molecule has 130 valence electrons. The van der Waals surface area contributed by atoms with E-state index in [1.54, 1.807) is 12.5 Å². The quantitative estimate of drug-likeness (QED) is 0.874. The predicted octanol–water partition coefficient (Wildman–Crippen LogP) is 3.39. The molecule has 1 N–H and O–H groups in total. The van der Waals surface area contributed by atoms with E-state index >= 15 is 0 Å². The lowest BCUT2D eigenvalue weighted by Crippen LogP contribution is -2.26. The van der Waals surface area contributed by atoms with Crippen LogP contribution in [0.5, 0.6) is 0 Å². The zero-order valence-corrected chi connectivity index (χ0v) is 14.5. The fraction of sp³-hybridized carbons (Fsp3) is 0.381. The Hall–Kier alpha value is -2.49. The molecule has 2 aliphatic carbocycles. The monoisotopic (exact) mass is 337 g/mol. The fourth-order valence-electron chi connectivity index (χ4n) is 4.09. The van der Waals surface area contributed by atoms with E-state index in [4.69, 9.17) is 9.15 Å². The van der Waals surface area contributed by atoms with Crippen LogP contribution in [0.4, 0.5) is 0 Å². The maximum Gasteiger partial charge on any atom is 0.334 e. The molecule has 0 spiro atoms.